The van der Waals surface area contributed by atoms with E-state index < -0.39 is 0 Å². The Morgan fingerprint density at radius 3 is 2.57 bits per heavy atom. The summed E-state index contributed by atoms with van der Waals surface area (Å²) < 4.78 is 2.05. The summed E-state index contributed by atoms with van der Waals surface area (Å²) in [6.45, 7) is 8.37. The van der Waals surface area contributed by atoms with Crippen molar-refractivity contribution < 1.29 is 0 Å². The fourth-order valence-corrected chi connectivity index (χ4v) is 1.42. The summed E-state index contributed by atoms with van der Waals surface area (Å²) in [5, 5.41) is 0. The molecule has 2 nitrogen and oxygen atoms in total. The van der Waals surface area contributed by atoms with Gasteiger partial charge in [0.15, 0.2) is 0 Å². The van der Waals surface area contributed by atoms with Crippen LogP contribution in [0.5, 0.6) is 0 Å². The van der Waals surface area contributed by atoms with Gasteiger partial charge in [-0.05, 0) is 17.5 Å². The lowest BCUT2D eigenvalue weighted by atomic mass is 10.1. The lowest BCUT2D eigenvalue weighted by Gasteiger charge is -2.05. The third-order valence-corrected chi connectivity index (χ3v) is 2.07. The topological polar surface area (TPSA) is 17.3 Å². The van der Waals surface area contributed by atoms with Crippen molar-refractivity contribution in [1.82, 2.24) is 9.38 Å². The first kappa shape index (κ1) is 10.8. The van der Waals surface area contributed by atoms with Gasteiger partial charge in [-0.1, -0.05) is 33.8 Å². The number of imidazole rings is 1. The van der Waals surface area contributed by atoms with Crippen LogP contribution in [0.3, 0.4) is 0 Å². The Bertz CT molecular complexity index is 388. The van der Waals surface area contributed by atoms with Crippen molar-refractivity contribution in [3.63, 3.8) is 0 Å². The largest absolute Gasteiger partial charge is 0.307 e. The molecule has 14 heavy (non-hydrogen) atoms. The molecule has 0 unspecified atom stereocenters. The van der Waals surface area contributed by atoms with Crippen LogP contribution in [-0.4, -0.2) is 9.38 Å². The van der Waals surface area contributed by atoms with Gasteiger partial charge < -0.3 is 4.40 Å². The first-order valence-corrected chi connectivity index (χ1v) is 5.20. The summed E-state index contributed by atoms with van der Waals surface area (Å²) >= 11 is 0. The molecule has 0 aromatic carbocycles. The van der Waals surface area contributed by atoms with E-state index in [9.17, 15) is 0 Å². The molecule has 0 atom stereocenters. The van der Waals surface area contributed by atoms with Gasteiger partial charge in [-0.2, -0.15) is 0 Å². The maximum absolute atomic E-state index is 4.30. The summed E-state index contributed by atoms with van der Waals surface area (Å²) in [7, 11) is 0. The molecule has 0 radical (unpaired) electrons. The predicted molar refractivity (Wildman–Crippen MR) is 60.6 cm³/mol. The second-order valence-electron chi connectivity index (χ2n) is 3.28. The Kier molecular flexibility index (Phi) is 3.69. The maximum Gasteiger partial charge on any atom is 0.140 e. The average Bonchev–Trinajstić information content (AvgIpc) is 2.67. The van der Waals surface area contributed by atoms with Crippen LogP contribution in [-0.2, 0) is 0 Å². The highest BCUT2D eigenvalue weighted by Gasteiger charge is 2.04. The Labute approximate surface area is 85.6 Å². The normalized spacial score (nSPS) is 10.1. The minimum absolute atomic E-state index is 0.538. The fraction of sp³-hybridized carbons (Fsp3) is 0.417. The number of aromatic nitrogens is 2. The molecular weight excluding hydrogens is 172 g/mol. The fourth-order valence-electron chi connectivity index (χ4n) is 1.42. The molecule has 0 fully saturated rings. The van der Waals surface area contributed by atoms with Gasteiger partial charge in [-0.15, -0.1) is 0 Å². The van der Waals surface area contributed by atoms with Crippen LogP contribution in [0.15, 0.2) is 30.7 Å². The smallest absolute Gasteiger partial charge is 0.140 e. The van der Waals surface area contributed by atoms with Gasteiger partial charge >= 0.3 is 0 Å². The molecule has 76 valence electrons. The van der Waals surface area contributed by atoms with Crippen LogP contribution in [0.4, 0.5) is 0 Å². The Morgan fingerprint density at radius 2 is 1.93 bits per heavy atom. The van der Waals surface area contributed by atoms with Crippen LogP contribution in [0, 0.1) is 0 Å². The van der Waals surface area contributed by atoms with E-state index in [4.69, 9.17) is 0 Å². The van der Waals surface area contributed by atoms with Gasteiger partial charge in [-0.3, -0.25) is 0 Å². The van der Waals surface area contributed by atoms with E-state index in [2.05, 4.69) is 35.4 Å². The van der Waals surface area contributed by atoms with Crippen molar-refractivity contribution in [2.24, 2.45) is 0 Å². The van der Waals surface area contributed by atoms with Gasteiger partial charge in [0.2, 0.25) is 0 Å². The molecule has 0 amide bonds. The molecule has 2 aromatic heterocycles. The third-order valence-electron chi connectivity index (χ3n) is 2.07. The van der Waals surface area contributed by atoms with E-state index >= 15 is 0 Å². The second-order valence-corrected chi connectivity index (χ2v) is 3.28. The van der Waals surface area contributed by atoms with E-state index in [1.807, 2.05) is 32.4 Å². The van der Waals surface area contributed by atoms with Gasteiger partial charge in [-0.25, -0.2) is 4.98 Å². The zero-order valence-electron chi connectivity index (χ0n) is 9.36. The van der Waals surface area contributed by atoms with E-state index in [0.29, 0.717) is 5.92 Å². The van der Waals surface area contributed by atoms with Crippen LogP contribution < -0.4 is 0 Å². The third kappa shape index (κ3) is 1.95. The van der Waals surface area contributed by atoms with E-state index in [1.54, 1.807) is 0 Å². The quantitative estimate of drug-likeness (QED) is 0.673. The molecule has 0 saturated carbocycles. The highest BCUT2D eigenvalue weighted by Crippen LogP contribution is 2.18. The Balaban J connectivity index is 0.000000461. The summed E-state index contributed by atoms with van der Waals surface area (Å²) in [6, 6.07) is 4.19. The van der Waals surface area contributed by atoms with Crippen molar-refractivity contribution >= 4 is 5.65 Å². The van der Waals surface area contributed by atoms with Crippen molar-refractivity contribution in [3.8, 4) is 0 Å². The monoisotopic (exact) mass is 190 g/mol. The van der Waals surface area contributed by atoms with E-state index in [1.165, 1.54) is 5.56 Å². The minimum atomic E-state index is 0.538. The minimum Gasteiger partial charge on any atom is -0.307 e. The molecule has 0 aliphatic rings. The van der Waals surface area contributed by atoms with Crippen molar-refractivity contribution in [2.75, 3.05) is 0 Å². The van der Waals surface area contributed by atoms with Crippen LogP contribution >= 0.6 is 0 Å². The highest BCUT2D eigenvalue weighted by molar-refractivity contribution is 5.49. The number of hydrogen-bond donors (Lipinski definition) is 0. The zero-order valence-corrected chi connectivity index (χ0v) is 9.36. The van der Waals surface area contributed by atoms with Crippen molar-refractivity contribution in [2.45, 2.75) is 33.6 Å². The van der Waals surface area contributed by atoms with Crippen LogP contribution in [0.1, 0.15) is 39.2 Å². The lowest BCUT2D eigenvalue weighted by molar-refractivity contribution is 0.863. The average molecular weight is 190 g/mol. The summed E-state index contributed by atoms with van der Waals surface area (Å²) in [5.74, 6) is 0.538. The molecule has 2 heteroatoms. The SMILES string of the molecule is CC.CC(C)c1cccn2ccnc12. The zero-order chi connectivity index (χ0) is 10.6. The first-order valence-electron chi connectivity index (χ1n) is 5.20. The highest BCUT2D eigenvalue weighted by atomic mass is 15.0. The first-order chi connectivity index (χ1) is 6.79. The van der Waals surface area contributed by atoms with Gasteiger partial charge in [0.25, 0.3) is 0 Å². The summed E-state index contributed by atoms with van der Waals surface area (Å²) in [6.07, 6.45) is 5.83. The maximum atomic E-state index is 4.30. The van der Waals surface area contributed by atoms with Gasteiger partial charge in [0, 0.05) is 18.6 Å². The molecule has 2 aromatic rings. The summed E-state index contributed by atoms with van der Waals surface area (Å²) in [5.41, 5.74) is 2.38. The molecule has 0 N–H and O–H groups in total. The van der Waals surface area contributed by atoms with E-state index in [0.717, 1.165) is 5.65 Å². The molecule has 0 aliphatic heterocycles. The molecule has 0 bridgehead atoms. The lowest BCUT2D eigenvalue weighted by Crippen LogP contribution is -1.92. The Hall–Kier alpha value is -1.31. The number of rotatable bonds is 1. The van der Waals surface area contributed by atoms with Crippen molar-refractivity contribution in [1.29, 1.82) is 0 Å². The molecule has 2 heterocycles. The van der Waals surface area contributed by atoms with E-state index in [-0.39, 0.29) is 0 Å². The molecule has 0 spiro atoms. The number of hydrogen-bond acceptors (Lipinski definition) is 1. The van der Waals surface area contributed by atoms with Crippen LogP contribution in [0.25, 0.3) is 5.65 Å². The molecule has 2 rings (SSSR count). The second kappa shape index (κ2) is 4.80. The number of nitrogens with zero attached hydrogens (tertiary/aromatic N) is 2. The number of pyridine rings is 1. The molecular formula is C12H18N2. The summed E-state index contributed by atoms with van der Waals surface area (Å²) in [4.78, 5) is 4.30. The van der Waals surface area contributed by atoms with Crippen LogP contribution in [0.2, 0.25) is 0 Å². The molecule has 0 aliphatic carbocycles. The Morgan fingerprint density at radius 1 is 1.21 bits per heavy atom. The van der Waals surface area contributed by atoms with Gasteiger partial charge in [0.1, 0.15) is 5.65 Å². The number of fused-ring (bicyclic) bond motifs is 1. The predicted octanol–water partition coefficient (Wildman–Crippen LogP) is 3.48. The van der Waals surface area contributed by atoms with Gasteiger partial charge in [0.05, 0.1) is 0 Å². The van der Waals surface area contributed by atoms with Crippen molar-refractivity contribution in [3.05, 3.63) is 36.3 Å². The standard InChI is InChI=1S/C10H12N2.C2H6/c1-8(2)9-4-3-6-12-7-5-11-10(9)12;1-2/h3-8H,1-2H3;1-2H3. The molecule has 0 saturated heterocycles.